The van der Waals surface area contributed by atoms with Crippen LogP contribution in [0.5, 0.6) is 0 Å². The molecule has 3 nitrogen and oxygen atoms in total. The molecule has 3 rings (SSSR count). The molecule has 2 aromatic carbocycles. The zero-order valence-electron chi connectivity index (χ0n) is 12.1. The molecule has 0 fully saturated rings. The SMILES string of the molecule is O=C(Cc1ccc(-c2cnco2)c(Cl)c1)Cc1ccccc1Cl. The molecule has 0 amide bonds. The molecule has 3 aromatic rings. The summed E-state index contributed by atoms with van der Waals surface area (Å²) in [5, 5.41) is 1.14. The Hall–Kier alpha value is -2.10. The van der Waals surface area contributed by atoms with Gasteiger partial charge in [-0.25, -0.2) is 4.98 Å². The molecule has 0 N–H and O–H groups in total. The fraction of sp³-hybridized carbons (Fsp3) is 0.111. The summed E-state index contributed by atoms with van der Waals surface area (Å²) in [6.45, 7) is 0. The number of hydrogen-bond donors (Lipinski definition) is 0. The maximum absolute atomic E-state index is 12.2. The summed E-state index contributed by atoms with van der Waals surface area (Å²) in [5.41, 5.74) is 2.45. The minimum Gasteiger partial charge on any atom is -0.443 e. The van der Waals surface area contributed by atoms with E-state index in [0.29, 0.717) is 28.6 Å². The van der Waals surface area contributed by atoms with Crippen molar-refractivity contribution in [2.45, 2.75) is 12.8 Å². The first-order chi connectivity index (χ1) is 11.1. The fourth-order valence-electron chi connectivity index (χ4n) is 2.36. The molecule has 0 atom stereocenters. The highest BCUT2D eigenvalue weighted by Gasteiger charge is 2.11. The molecule has 0 aliphatic heterocycles. The van der Waals surface area contributed by atoms with Crippen LogP contribution in [0.15, 0.2) is 59.5 Å². The second kappa shape index (κ2) is 6.99. The molecular weight excluding hydrogens is 333 g/mol. The minimum absolute atomic E-state index is 0.0848. The van der Waals surface area contributed by atoms with E-state index in [4.69, 9.17) is 27.6 Å². The van der Waals surface area contributed by atoms with Crippen molar-refractivity contribution >= 4 is 29.0 Å². The maximum Gasteiger partial charge on any atom is 0.181 e. The predicted octanol–water partition coefficient (Wildman–Crippen LogP) is 5.00. The van der Waals surface area contributed by atoms with Crippen LogP contribution in [-0.2, 0) is 17.6 Å². The second-order valence-corrected chi connectivity index (χ2v) is 5.98. The standard InChI is InChI=1S/C18H13Cl2NO2/c19-16-4-2-1-3-13(16)9-14(22)7-12-5-6-15(17(20)8-12)18-10-21-11-23-18/h1-6,8,10-11H,7,9H2. The summed E-state index contributed by atoms with van der Waals surface area (Å²) in [7, 11) is 0. The summed E-state index contributed by atoms with van der Waals surface area (Å²) >= 11 is 12.4. The lowest BCUT2D eigenvalue weighted by atomic mass is 10.0. The van der Waals surface area contributed by atoms with Crippen molar-refractivity contribution < 1.29 is 9.21 Å². The van der Waals surface area contributed by atoms with Gasteiger partial charge in [-0.1, -0.05) is 47.5 Å². The van der Waals surface area contributed by atoms with Crippen molar-refractivity contribution in [2.75, 3.05) is 0 Å². The number of ketones is 1. The van der Waals surface area contributed by atoms with Crippen LogP contribution in [-0.4, -0.2) is 10.8 Å². The number of halogens is 2. The van der Waals surface area contributed by atoms with Crippen LogP contribution in [0.1, 0.15) is 11.1 Å². The Bertz CT molecular complexity index is 829. The lowest BCUT2D eigenvalue weighted by Crippen LogP contribution is -2.07. The zero-order valence-corrected chi connectivity index (χ0v) is 13.6. The van der Waals surface area contributed by atoms with Gasteiger partial charge in [0.2, 0.25) is 0 Å². The van der Waals surface area contributed by atoms with E-state index in [1.807, 2.05) is 30.3 Å². The molecule has 23 heavy (non-hydrogen) atoms. The van der Waals surface area contributed by atoms with E-state index in [9.17, 15) is 4.79 Å². The Morgan fingerprint density at radius 2 is 1.87 bits per heavy atom. The third kappa shape index (κ3) is 3.81. The molecule has 1 aromatic heterocycles. The van der Waals surface area contributed by atoms with E-state index in [1.165, 1.54) is 6.39 Å². The maximum atomic E-state index is 12.2. The van der Waals surface area contributed by atoms with Crippen LogP contribution in [0.2, 0.25) is 10.0 Å². The second-order valence-electron chi connectivity index (χ2n) is 5.16. The number of hydrogen-bond acceptors (Lipinski definition) is 3. The van der Waals surface area contributed by atoms with E-state index in [0.717, 1.165) is 16.7 Å². The monoisotopic (exact) mass is 345 g/mol. The Morgan fingerprint density at radius 3 is 2.57 bits per heavy atom. The molecule has 116 valence electrons. The molecule has 0 unspecified atom stereocenters. The van der Waals surface area contributed by atoms with Gasteiger partial charge in [0.05, 0.1) is 11.2 Å². The normalized spacial score (nSPS) is 10.7. The third-order valence-electron chi connectivity index (χ3n) is 3.48. The average Bonchev–Trinajstić information content (AvgIpc) is 3.04. The van der Waals surface area contributed by atoms with Gasteiger partial charge in [0.25, 0.3) is 0 Å². The molecule has 0 saturated carbocycles. The van der Waals surface area contributed by atoms with Gasteiger partial charge in [-0.3, -0.25) is 4.79 Å². The van der Waals surface area contributed by atoms with Crippen molar-refractivity contribution in [3.8, 4) is 11.3 Å². The summed E-state index contributed by atoms with van der Waals surface area (Å²) in [4.78, 5) is 16.1. The van der Waals surface area contributed by atoms with Gasteiger partial charge < -0.3 is 4.42 Å². The number of aromatic nitrogens is 1. The zero-order chi connectivity index (χ0) is 16.2. The van der Waals surface area contributed by atoms with Crippen LogP contribution < -0.4 is 0 Å². The molecule has 0 aliphatic rings. The van der Waals surface area contributed by atoms with E-state index in [2.05, 4.69) is 4.98 Å². The quantitative estimate of drug-likeness (QED) is 0.653. The summed E-state index contributed by atoms with van der Waals surface area (Å²) in [6.07, 6.45) is 3.57. The highest BCUT2D eigenvalue weighted by molar-refractivity contribution is 6.33. The first-order valence-corrected chi connectivity index (χ1v) is 7.81. The number of rotatable bonds is 5. The smallest absolute Gasteiger partial charge is 0.181 e. The highest BCUT2D eigenvalue weighted by Crippen LogP contribution is 2.28. The molecule has 0 bridgehead atoms. The summed E-state index contributed by atoms with van der Waals surface area (Å²) < 4.78 is 5.24. The Labute approximate surface area is 143 Å². The summed E-state index contributed by atoms with van der Waals surface area (Å²) in [5.74, 6) is 0.686. The molecular formula is C18H13Cl2NO2. The van der Waals surface area contributed by atoms with E-state index in [1.54, 1.807) is 18.3 Å². The Balaban J connectivity index is 1.72. The predicted molar refractivity (Wildman–Crippen MR) is 90.8 cm³/mol. The van der Waals surface area contributed by atoms with Crippen LogP contribution in [0, 0.1) is 0 Å². The van der Waals surface area contributed by atoms with E-state index >= 15 is 0 Å². The van der Waals surface area contributed by atoms with Crippen molar-refractivity contribution in [1.82, 2.24) is 4.98 Å². The minimum atomic E-state index is 0.0848. The summed E-state index contributed by atoms with van der Waals surface area (Å²) in [6, 6.07) is 12.8. The van der Waals surface area contributed by atoms with Gasteiger partial charge in [-0.2, -0.15) is 0 Å². The highest BCUT2D eigenvalue weighted by atomic mass is 35.5. The number of benzene rings is 2. The number of Topliss-reactive ketones (excluding diaryl/α,β-unsaturated/α-hetero) is 1. The van der Waals surface area contributed by atoms with E-state index < -0.39 is 0 Å². The molecule has 0 saturated heterocycles. The van der Waals surface area contributed by atoms with Crippen LogP contribution in [0.3, 0.4) is 0 Å². The molecule has 0 spiro atoms. The third-order valence-corrected chi connectivity index (χ3v) is 4.16. The van der Waals surface area contributed by atoms with Crippen molar-refractivity contribution in [2.24, 2.45) is 0 Å². The number of carbonyl (C=O) groups excluding carboxylic acids is 1. The lowest BCUT2D eigenvalue weighted by molar-refractivity contribution is -0.117. The van der Waals surface area contributed by atoms with Gasteiger partial charge in [-0.15, -0.1) is 0 Å². The Morgan fingerprint density at radius 1 is 1.04 bits per heavy atom. The first-order valence-electron chi connectivity index (χ1n) is 7.06. The number of nitrogens with zero attached hydrogens (tertiary/aromatic N) is 1. The van der Waals surface area contributed by atoms with Crippen molar-refractivity contribution in [3.63, 3.8) is 0 Å². The largest absolute Gasteiger partial charge is 0.443 e. The van der Waals surface area contributed by atoms with Gasteiger partial charge in [-0.05, 0) is 29.3 Å². The van der Waals surface area contributed by atoms with Gasteiger partial charge in [0.1, 0.15) is 5.78 Å². The Kier molecular flexibility index (Phi) is 4.79. The number of carbonyl (C=O) groups is 1. The van der Waals surface area contributed by atoms with Crippen LogP contribution in [0.25, 0.3) is 11.3 Å². The molecule has 0 radical (unpaired) electrons. The molecule has 5 heteroatoms. The average molecular weight is 346 g/mol. The molecule has 1 heterocycles. The van der Waals surface area contributed by atoms with Gasteiger partial charge in [0, 0.05) is 23.4 Å². The van der Waals surface area contributed by atoms with Gasteiger partial charge >= 0.3 is 0 Å². The van der Waals surface area contributed by atoms with Crippen molar-refractivity contribution in [3.05, 3.63) is 76.2 Å². The first kappa shape index (κ1) is 15.8. The van der Waals surface area contributed by atoms with E-state index in [-0.39, 0.29) is 5.78 Å². The van der Waals surface area contributed by atoms with Crippen LogP contribution in [0.4, 0.5) is 0 Å². The molecule has 0 aliphatic carbocycles. The fourth-order valence-corrected chi connectivity index (χ4v) is 2.86. The topological polar surface area (TPSA) is 43.1 Å². The van der Waals surface area contributed by atoms with Crippen molar-refractivity contribution in [1.29, 1.82) is 0 Å². The lowest BCUT2D eigenvalue weighted by Gasteiger charge is -2.06. The number of oxazole rings is 1. The van der Waals surface area contributed by atoms with Gasteiger partial charge in [0.15, 0.2) is 12.2 Å². The van der Waals surface area contributed by atoms with Crippen LogP contribution >= 0.6 is 23.2 Å².